The van der Waals surface area contributed by atoms with E-state index in [2.05, 4.69) is 4.99 Å². The number of nitrogens with one attached hydrogen (secondary N) is 1. The molecule has 3 aromatic rings. The van der Waals surface area contributed by atoms with Crippen LogP contribution in [0.25, 0.3) is 11.8 Å². The highest BCUT2D eigenvalue weighted by molar-refractivity contribution is 8.17. The molecule has 0 spiro atoms. The molecular weight excluding hydrogens is 517 g/mol. The van der Waals surface area contributed by atoms with Crippen molar-refractivity contribution >= 4 is 63.6 Å². The fourth-order valence-corrected chi connectivity index (χ4v) is 5.20. The van der Waals surface area contributed by atoms with Gasteiger partial charge in [0.1, 0.15) is 24.8 Å². The highest BCUT2D eigenvalue weighted by atomic mass is 35.5. The minimum Gasteiger partial charge on any atom is -0.490 e. The maximum absolute atomic E-state index is 12.8. The second kappa shape index (κ2) is 10.6. The Morgan fingerprint density at radius 1 is 0.944 bits per heavy atom. The molecule has 1 N–H and O–H groups in total. The summed E-state index contributed by atoms with van der Waals surface area (Å²) in [6.07, 6.45) is 1.57. The normalized spacial score (nSPS) is 16.1. The number of hydrogen-bond donors (Lipinski definition) is 1. The third-order valence-corrected chi connectivity index (χ3v) is 6.74. The molecular formula is C27H19Cl2N3O3S. The Morgan fingerprint density at radius 3 is 2.28 bits per heavy atom. The van der Waals surface area contributed by atoms with E-state index >= 15 is 0 Å². The quantitative estimate of drug-likeness (QED) is 0.267. The van der Waals surface area contributed by atoms with Gasteiger partial charge in [-0.25, -0.2) is 0 Å². The Morgan fingerprint density at radius 2 is 1.58 bits per heavy atom. The van der Waals surface area contributed by atoms with Crippen LogP contribution in [0.1, 0.15) is 11.1 Å². The summed E-state index contributed by atoms with van der Waals surface area (Å²) in [7, 11) is 0. The first kappa shape index (κ1) is 24.2. The van der Waals surface area contributed by atoms with Crippen molar-refractivity contribution in [3.63, 3.8) is 0 Å². The van der Waals surface area contributed by atoms with Crippen molar-refractivity contribution in [1.29, 1.82) is 5.41 Å². The number of carbonyl (C=O) groups is 1. The second-order valence-corrected chi connectivity index (χ2v) is 9.40. The lowest BCUT2D eigenvalue weighted by Crippen LogP contribution is -2.38. The minimum absolute atomic E-state index is 0.0377. The van der Waals surface area contributed by atoms with Crippen molar-refractivity contribution in [3.05, 3.63) is 105 Å². The summed E-state index contributed by atoms with van der Waals surface area (Å²) in [5.74, 6) is 0.614. The first-order valence-corrected chi connectivity index (χ1v) is 12.6. The Bertz CT molecular complexity index is 1400. The van der Waals surface area contributed by atoms with Crippen molar-refractivity contribution < 1.29 is 14.3 Å². The molecule has 0 radical (unpaired) electrons. The van der Waals surface area contributed by atoms with Crippen LogP contribution < -0.4 is 9.47 Å². The fraction of sp³-hybridized carbons (Fsp3) is 0.0741. The lowest BCUT2D eigenvalue weighted by atomic mass is 10.1. The molecule has 180 valence electrons. The van der Waals surface area contributed by atoms with Crippen LogP contribution in [0.15, 0.2) is 88.8 Å². The number of benzene rings is 3. The largest absolute Gasteiger partial charge is 0.490 e. The van der Waals surface area contributed by atoms with E-state index in [9.17, 15) is 4.79 Å². The van der Waals surface area contributed by atoms with Gasteiger partial charge >= 0.3 is 0 Å². The number of para-hydroxylation sites is 1. The van der Waals surface area contributed by atoms with Crippen molar-refractivity contribution in [2.75, 3.05) is 13.2 Å². The SMILES string of the molecule is N=C1C(=Cc2cc(Cl)c(OCCOc3ccccc3)c(Cl)c2)C(=O)N=C2SC=C(c3ccccc3)N12. The standard InChI is InChI=1S/C27H19Cl2N3O3S/c28-21-14-17(15-22(29)24(21)35-12-11-34-19-9-5-2-6-10-19)13-20-25(30)32-23(18-7-3-1-4-8-18)16-36-27(32)31-26(20)33/h1-10,13-16,30H,11-12H2. The summed E-state index contributed by atoms with van der Waals surface area (Å²) < 4.78 is 11.4. The lowest BCUT2D eigenvalue weighted by molar-refractivity contribution is -0.114. The van der Waals surface area contributed by atoms with E-state index in [1.54, 1.807) is 23.1 Å². The molecule has 0 saturated carbocycles. The van der Waals surface area contributed by atoms with Gasteiger partial charge in [-0.15, -0.1) is 0 Å². The molecule has 1 amide bonds. The predicted octanol–water partition coefficient (Wildman–Crippen LogP) is 6.76. The number of fused-ring (bicyclic) bond motifs is 1. The maximum Gasteiger partial charge on any atom is 0.283 e. The van der Waals surface area contributed by atoms with E-state index < -0.39 is 5.91 Å². The Kier molecular flexibility index (Phi) is 7.13. The number of amides is 1. The van der Waals surface area contributed by atoms with Gasteiger partial charge in [0.25, 0.3) is 5.91 Å². The molecule has 0 bridgehead atoms. The van der Waals surface area contributed by atoms with Gasteiger partial charge < -0.3 is 9.47 Å². The van der Waals surface area contributed by atoms with Crippen molar-refractivity contribution in [2.24, 2.45) is 4.99 Å². The van der Waals surface area contributed by atoms with Gasteiger partial charge in [0, 0.05) is 5.41 Å². The molecule has 36 heavy (non-hydrogen) atoms. The summed E-state index contributed by atoms with van der Waals surface area (Å²) in [6.45, 7) is 0.566. The Hall–Kier alpha value is -3.52. The molecule has 3 aromatic carbocycles. The zero-order chi connectivity index (χ0) is 25.1. The average Bonchev–Trinajstić information content (AvgIpc) is 3.31. The van der Waals surface area contributed by atoms with Crippen molar-refractivity contribution in [1.82, 2.24) is 4.90 Å². The molecule has 9 heteroatoms. The predicted molar refractivity (Wildman–Crippen MR) is 146 cm³/mol. The summed E-state index contributed by atoms with van der Waals surface area (Å²) in [6, 6.07) is 22.4. The van der Waals surface area contributed by atoms with Gasteiger partial charge in [0.15, 0.2) is 10.9 Å². The van der Waals surface area contributed by atoms with Gasteiger partial charge in [0.05, 0.1) is 21.3 Å². The van der Waals surface area contributed by atoms with E-state index in [0.717, 1.165) is 17.0 Å². The maximum atomic E-state index is 12.8. The molecule has 0 atom stereocenters. The molecule has 0 unspecified atom stereocenters. The Balaban J connectivity index is 1.33. The number of amidine groups is 2. The number of nitrogens with zero attached hydrogens (tertiary/aromatic N) is 2. The molecule has 0 aliphatic carbocycles. The monoisotopic (exact) mass is 535 g/mol. The van der Waals surface area contributed by atoms with Crippen LogP contribution in [-0.4, -0.2) is 35.0 Å². The average molecular weight is 536 g/mol. The highest BCUT2D eigenvalue weighted by Crippen LogP contribution is 2.38. The molecule has 2 heterocycles. The van der Waals surface area contributed by atoms with Gasteiger partial charge in [-0.05, 0) is 41.5 Å². The number of rotatable bonds is 7. The van der Waals surface area contributed by atoms with E-state index in [0.29, 0.717) is 23.1 Å². The minimum atomic E-state index is -0.493. The zero-order valence-electron chi connectivity index (χ0n) is 18.8. The van der Waals surface area contributed by atoms with Crippen LogP contribution in [0.3, 0.4) is 0 Å². The van der Waals surface area contributed by atoms with E-state index in [1.165, 1.54) is 11.8 Å². The fourth-order valence-electron chi connectivity index (χ4n) is 3.70. The first-order valence-electron chi connectivity index (χ1n) is 11.0. The summed E-state index contributed by atoms with van der Waals surface area (Å²) in [5, 5.41) is 11.7. The number of ether oxygens (including phenoxy) is 2. The third kappa shape index (κ3) is 5.04. The second-order valence-electron chi connectivity index (χ2n) is 7.75. The van der Waals surface area contributed by atoms with Crippen molar-refractivity contribution in [3.8, 4) is 11.5 Å². The summed E-state index contributed by atoms with van der Waals surface area (Å²) in [4.78, 5) is 18.6. The van der Waals surface area contributed by atoms with Gasteiger partial charge in [-0.2, -0.15) is 4.99 Å². The highest BCUT2D eigenvalue weighted by Gasteiger charge is 2.36. The zero-order valence-corrected chi connectivity index (χ0v) is 21.1. The lowest BCUT2D eigenvalue weighted by Gasteiger charge is -2.27. The van der Waals surface area contributed by atoms with Crippen LogP contribution in [0, 0.1) is 5.41 Å². The van der Waals surface area contributed by atoms with E-state index in [4.69, 9.17) is 38.1 Å². The first-order chi connectivity index (χ1) is 17.5. The van der Waals surface area contributed by atoms with Crippen LogP contribution in [0.4, 0.5) is 0 Å². The van der Waals surface area contributed by atoms with Gasteiger partial charge in [-0.1, -0.05) is 83.5 Å². The number of thioether (sulfide) groups is 1. The molecule has 2 aliphatic rings. The van der Waals surface area contributed by atoms with E-state index in [-0.39, 0.29) is 28.1 Å². The molecule has 0 saturated heterocycles. The van der Waals surface area contributed by atoms with Gasteiger partial charge in [-0.3, -0.25) is 15.1 Å². The van der Waals surface area contributed by atoms with Crippen LogP contribution in [0.5, 0.6) is 11.5 Å². The molecule has 6 nitrogen and oxygen atoms in total. The molecule has 0 fully saturated rings. The van der Waals surface area contributed by atoms with Gasteiger partial charge in [0.2, 0.25) is 0 Å². The number of hydrogen-bond acceptors (Lipinski definition) is 5. The smallest absolute Gasteiger partial charge is 0.283 e. The number of halogens is 2. The topological polar surface area (TPSA) is 75.0 Å². The molecule has 2 aliphatic heterocycles. The van der Waals surface area contributed by atoms with Crippen LogP contribution in [0.2, 0.25) is 10.0 Å². The third-order valence-electron chi connectivity index (χ3n) is 5.36. The van der Waals surface area contributed by atoms with Crippen LogP contribution >= 0.6 is 35.0 Å². The number of carbonyl (C=O) groups excluding carboxylic acids is 1. The van der Waals surface area contributed by atoms with E-state index in [1.807, 2.05) is 66.1 Å². The van der Waals surface area contributed by atoms with Crippen molar-refractivity contribution in [2.45, 2.75) is 0 Å². The summed E-state index contributed by atoms with van der Waals surface area (Å²) in [5.41, 5.74) is 2.42. The van der Waals surface area contributed by atoms with Crippen LogP contribution in [-0.2, 0) is 4.79 Å². The molecule has 5 rings (SSSR count). The molecule has 0 aromatic heterocycles. The summed E-state index contributed by atoms with van der Waals surface area (Å²) >= 11 is 14.2. The Labute approximate surface area is 222 Å². The number of aliphatic imine (C=N–C) groups is 1.